The predicted molar refractivity (Wildman–Crippen MR) is 137 cm³/mol. The van der Waals surface area contributed by atoms with E-state index in [-0.39, 0.29) is 11.7 Å². The summed E-state index contributed by atoms with van der Waals surface area (Å²) in [5.41, 5.74) is 1.78. The van der Waals surface area contributed by atoms with Crippen LogP contribution in [0.25, 0.3) is 5.57 Å². The Labute approximate surface area is 199 Å². The summed E-state index contributed by atoms with van der Waals surface area (Å²) in [6.07, 6.45) is 4.94. The van der Waals surface area contributed by atoms with Crippen molar-refractivity contribution >= 4 is 34.3 Å². The molecule has 1 amide bonds. The molecule has 0 saturated heterocycles. The van der Waals surface area contributed by atoms with Gasteiger partial charge in [-0.25, -0.2) is 0 Å². The van der Waals surface area contributed by atoms with Crippen molar-refractivity contribution < 1.29 is 19.1 Å². The van der Waals surface area contributed by atoms with Crippen LogP contribution < -0.4 is 20.1 Å². The van der Waals surface area contributed by atoms with Crippen LogP contribution in [0.1, 0.15) is 59.4 Å². The van der Waals surface area contributed by atoms with Crippen molar-refractivity contribution in [3.05, 3.63) is 29.8 Å². The van der Waals surface area contributed by atoms with Gasteiger partial charge in [0.15, 0.2) is 5.78 Å². The van der Waals surface area contributed by atoms with E-state index in [1.807, 2.05) is 39.8 Å². The van der Waals surface area contributed by atoms with E-state index in [2.05, 4.69) is 22.9 Å². The molecule has 0 radical (unpaired) electrons. The lowest BCUT2D eigenvalue weighted by molar-refractivity contribution is -0.120. The molecule has 2 rings (SSSR count). The summed E-state index contributed by atoms with van der Waals surface area (Å²) in [4.78, 5) is 22.8. The molecule has 32 heavy (non-hydrogen) atoms. The molecule has 1 aliphatic rings. The number of nitrogens with one attached hydrogen (secondary N) is 2. The number of ketones is 1. The summed E-state index contributed by atoms with van der Waals surface area (Å²) < 4.78 is 10.4. The molecule has 1 fully saturated rings. The van der Waals surface area contributed by atoms with Crippen LogP contribution in [-0.2, 0) is 9.59 Å². The highest BCUT2D eigenvalue weighted by Crippen LogP contribution is 2.29. The summed E-state index contributed by atoms with van der Waals surface area (Å²) >= 11 is 4.54. The summed E-state index contributed by atoms with van der Waals surface area (Å²) in [5, 5.41) is 6.14. The molecule has 2 N–H and O–H groups in total. The summed E-state index contributed by atoms with van der Waals surface area (Å²) in [7, 11) is 3.20. The van der Waals surface area contributed by atoms with E-state index in [9.17, 15) is 9.59 Å². The second kappa shape index (κ2) is 17.3. The van der Waals surface area contributed by atoms with Crippen LogP contribution in [0.15, 0.2) is 24.3 Å². The Hall–Kier alpha value is -2.25. The Morgan fingerprint density at radius 3 is 2.19 bits per heavy atom. The van der Waals surface area contributed by atoms with Gasteiger partial charge in [-0.05, 0) is 81.6 Å². The van der Waals surface area contributed by atoms with Gasteiger partial charge in [0.2, 0.25) is 5.91 Å². The van der Waals surface area contributed by atoms with E-state index >= 15 is 0 Å². The molecule has 180 valence electrons. The van der Waals surface area contributed by atoms with Crippen molar-refractivity contribution in [1.29, 1.82) is 0 Å². The molecular formula is C25H40N2O4S. The molecule has 7 heteroatoms. The Morgan fingerprint density at radius 1 is 1.09 bits per heavy atom. The van der Waals surface area contributed by atoms with Gasteiger partial charge >= 0.3 is 0 Å². The van der Waals surface area contributed by atoms with Gasteiger partial charge in [0.05, 0.1) is 14.2 Å². The van der Waals surface area contributed by atoms with Crippen molar-refractivity contribution in [1.82, 2.24) is 10.6 Å². The maximum atomic E-state index is 11.0. The van der Waals surface area contributed by atoms with Crippen LogP contribution in [0, 0.1) is 5.92 Å². The Morgan fingerprint density at radius 2 is 1.72 bits per heavy atom. The molecule has 1 aliphatic carbocycles. The van der Waals surface area contributed by atoms with Crippen molar-refractivity contribution in [2.45, 2.75) is 53.9 Å². The lowest BCUT2D eigenvalue weighted by atomic mass is 10.0. The molecule has 1 aromatic carbocycles. The number of allylic oxidation sites excluding steroid dienone is 2. The van der Waals surface area contributed by atoms with Crippen LogP contribution in [-0.4, -0.2) is 50.4 Å². The first-order chi connectivity index (χ1) is 15.1. The molecule has 0 bridgehead atoms. The molecule has 0 spiro atoms. The Kier molecular flexibility index (Phi) is 16.1. The van der Waals surface area contributed by atoms with Crippen LogP contribution in [0.3, 0.4) is 0 Å². The van der Waals surface area contributed by atoms with E-state index in [4.69, 9.17) is 9.47 Å². The van der Waals surface area contributed by atoms with E-state index in [0.29, 0.717) is 12.2 Å². The van der Waals surface area contributed by atoms with E-state index < -0.39 is 0 Å². The topological polar surface area (TPSA) is 76.7 Å². The first-order valence-electron chi connectivity index (χ1n) is 11.0. The van der Waals surface area contributed by atoms with Gasteiger partial charge in [-0.15, -0.1) is 0 Å². The molecule has 1 saturated carbocycles. The number of hydrogen-bond donors (Lipinski definition) is 2. The van der Waals surface area contributed by atoms with Crippen molar-refractivity contribution in [2.75, 3.05) is 33.9 Å². The zero-order valence-corrected chi connectivity index (χ0v) is 21.5. The van der Waals surface area contributed by atoms with Crippen LogP contribution in [0.5, 0.6) is 11.5 Å². The second-order valence-corrected chi connectivity index (χ2v) is 8.58. The minimum Gasteiger partial charge on any atom is -0.497 e. The number of ether oxygens (including phenoxy) is 2. The second-order valence-electron chi connectivity index (χ2n) is 7.76. The number of rotatable bonds is 10. The third kappa shape index (κ3) is 15.5. The standard InChI is InChI=1S/C13H16O3.C9H18N2O.C3H6S/c1-9(7-10(2)14)12-6-5-11(15-3)8-13(12)16-4;1-2-9(12)11-6-5-10-7-8-3-4-8;1-3(2)4/h5-8H,1-4H3;8,10H,2-7H2,1H3,(H,11,12);1-2H3/b9-7+;;. The lowest BCUT2D eigenvalue weighted by Crippen LogP contribution is -2.32. The third-order valence-corrected chi connectivity index (χ3v) is 4.33. The van der Waals surface area contributed by atoms with Gasteiger partial charge in [0, 0.05) is 31.1 Å². The number of amides is 1. The van der Waals surface area contributed by atoms with Crippen LogP contribution in [0.4, 0.5) is 0 Å². The smallest absolute Gasteiger partial charge is 0.219 e. The van der Waals surface area contributed by atoms with Crippen LogP contribution in [0.2, 0.25) is 0 Å². The maximum absolute atomic E-state index is 11.0. The predicted octanol–water partition coefficient (Wildman–Crippen LogP) is 4.60. The van der Waals surface area contributed by atoms with Gasteiger partial charge in [0.1, 0.15) is 11.5 Å². The number of carbonyl (C=O) groups is 2. The zero-order valence-electron chi connectivity index (χ0n) is 20.7. The summed E-state index contributed by atoms with van der Waals surface area (Å²) in [5.74, 6) is 2.52. The SMILES string of the molecule is CC(C)=S.CCC(=O)NCCNCC1CC1.COc1ccc(/C(C)=C/C(C)=O)c(OC)c1. The van der Waals surface area contributed by atoms with Crippen molar-refractivity contribution in [3.8, 4) is 11.5 Å². The lowest BCUT2D eigenvalue weighted by Gasteiger charge is -2.10. The maximum Gasteiger partial charge on any atom is 0.219 e. The van der Waals surface area contributed by atoms with Gasteiger partial charge in [-0.1, -0.05) is 19.1 Å². The molecule has 0 heterocycles. The number of benzene rings is 1. The fourth-order valence-electron chi connectivity index (χ4n) is 2.55. The highest BCUT2D eigenvalue weighted by molar-refractivity contribution is 7.80. The van der Waals surface area contributed by atoms with Gasteiger partial charge < -0.3 is 20.1 Å². The summed E-state index contributed by atoms with van der Waals surface area (Å²) in [6, 6.07) is 5.52. The Balaban J connectivity index is 0.000000529. The fourth-order valence-corrected chi connectivity index (χ4v) is 2.55. The highest BCUT2D eigenvalue weighted by atomic mass is 32.1. The van der Waals surface area contributed by atoms with E-state index in [1.165, 1.54) is 19.8 Å². The minimum absolute atomic E-state index is 0.0235. The number of thiocarbonyl (C=S) groups is 1. The minimum atomic E-state index is 0.0235. The van der Waals surface area contributed by atoms with E-state index in [1.54, 1.807) is 26.4 Å². The number of carbonyl (C=O) groups excluding carboxylic acids is 2. The normalized spacial score (nSPS) is 12.4. The highest BCUT2D eigenvalue weighted by Gasteiger charge is 2.19. The van der Waals surface area contributed by atoms with E-state index in [0.717, 1.165) is 47.3 Å². The van der Waals surface area contributed by atoms with Crippen molar-refractivity contribution in [2.24, 2.45) is 5.92 Å². The van der Waals surface area contributed by atoms with Crippen molar-refractivity contribution in [3.63, 3.8) is 0 Å². The molecule has 0 aliphatic heterocycles. The average molecular weight is 465 g/mol. The molecule has 0 aromatic heterocycles. The van der Waals surface area contributed by atoms with Gasteiger partial charge in [0.25, 0.3) is 0 Å². The monoisotopic (exact) mass is 464 g/mol. The fraction of sp³-hybridized carbons (Fsp3) is 0.560. The zero-order chi connectivity index (χ0) is 24.5. The quantitative estimate of drug-likeness (QED) is 0.299. The molecular weight excluding hydrogens is 424 g/mol. The largest absolute Gasteiger partial charge is 0.497 e. The summed E-state index contributed by atoms with van der Waals surface area (Å²) in [6.45, 7) is 11.9. The molecule has 1 aromatic rings. The number of methoxy groups -OCH3 is 2. The first kappa shape index (κ1) is 29.8. The third-order valence-electron chi connectivity index (χ3n) is 4.33. The van der Waals surface area contributed by atoms with Gasteiger partial charge in [-0.2, -0.15) is 0 Å². The number of hydrogen-bond acceptors (Lipinski definition) is 6. The molecule has 0 atom stereocenters. The molecule has 6 nitrogen and oxygen atoms in total. The first-order valence-corrected chi connectivity index (χ1v) is 11.4. The van der Waals surface area contributed by atoms with Gasteiger partial charge in [-0.3, -0.25) is 9.59 Å². The Bertz CT molecular complexity index is 754. The van der Waals surface area contributed by atoms with Crippen LogP contribution >= 0.6 is 12.2 Å². The molecule has 0 unspecified atom stereocenters. The average Bonchev–Trinajstić information content (AvgIpc) is 3.56.